The fourth-order valence-corrected chi connectivity index (χ4v) is 4.44. The molecular weight excluding hydrogens is 516 g/mol. The second-order valence-corrected chi connectivity index (χ2v) is 10.6. The van der Waals surface area contributed by atoms with E-state index in [0.717, 1.165) is 28.0 Å². The van der Waals surface area contributed by atoms with E-state index in [0.29, 0.717) is 18.5 Å². The van der Waals surface area contributed by atoms with E-state index in [1.807, 2.05) is 98.8 Å². The monoisotopic (exact) mass is 552 g/mol. The van der Waals surface area contributed by atoms with Gasteiger partial charge in [-0.3, -0.25) is 14.4 Å². The van der Waals surface area contributed by atoms with Crippen molar-refractivity contribution in [1.29, 1.82) is 0 Å². The molecule has 0 radical (unpaired) electrons. The van der Waals surface area contributed by atoms with Gasteiger partial charge in [-0.15, -0.1) is 0 Å². The summed E-state index contributed by atoms with van der Waals surface area (Å²) in [5.74, 6) is 0.211. The third-order valence-electron chi connectivity index (χ3n) is 7.19. The van der Waals surface area contributed by atoms with Gasteiger partial charge in [-0.1, -0.05) is 66.7 Å². The predicted molar refractivity (Wildman–Crippen MR) is 160 cm³/mol. The molecule has 1 amide bonds. The number of nitrogens with one attached hydrogen (secondary N) is 1. The van der Waals surface area contributed by atoms with E-state index in [-0.39, 0.29) is 36.2 Å². The highest BCUT2D eigenvalue weighted by Gasteiger charge is 2.31. The third-order valence-corrected chi connectivity index (χ3v) is 7.19. The molecule has 1 aromatic heterocycles. The molecule has 0 aliphatic heterocycles. The van der Waals surface area contributed by atoms with Crippen LogP contribution in [0, 0.1) is 6.92 Å². The highest BCUT2D eigenvalue weighted by molar-refractivity contribution is 5.91. The number of amides is 1. The van der Waals surface area contributed by atoms with Crippen LogP contribution in [0.3, 0.4) is 0 Å². The molecule has 1 N–H and O–H groups in total. The molecule has 4 aromatic rings. The fraction of sp³-hybridized carbons (Fsp3) is 0.265. The number of nitrogens with zero attached hydrogens (tertiary/aromatic N) is 1. The summed E-state index contributed by atoms with van der Waals surface area (Å²) in [7, 11) is 1.61. The predicted octanol–water partition coefficient (Wildman–Crippen LogP) is 5.81. The summed E-state index contributed by atoms with van der Waals surface area (Å²) >= 11 is 0. The summed E-state index contributed by atoms with van der Waals surface area (Å²) in [6.45, 7) is 6.09. The Morgan fingerprint density at radius 2 is 1.51 bits per heavy atom. The standard InChI is InChI=1S/C34H36N2O5/c1-24-20-21-36(22-26-12-17-29(40-4)18-13-26)32(38)31(24)35-30(37)19-14-25-10-15-28(16-11-25)34(2,3)33(39)41-23-27-8-6-5-7-9-27/h5-13,15-18,20-21H,14,19,22-23H2,1-4H3,(H,35,37). The van der Waals surface area contributed by atoms with Crippen LogP contribution in [-0.2, 0) is 39.3 Å². The number of benzene rings is 3. The number of hydrogen-bond donors (Lipinski definition) is 1. The molecule has 3 aromatic carbocycles. The number of hydrogen-bond acceptors (Lipinski definition) is 5. The number of rotatable bonds is 11. The van der Waals surface area contributed by atoms with Crippen LogP contribution in [0.25, 0.3) is 0 Å². The quantitative estimate of drug-likeness (QED) is 0.238. The van der Waals surface area contributed by atoms with Crippen LogP contribution in [0.2, 0.25) is 0 Å². The summed E-state index contributed by atoms with van der Waals surface area (Å²) in [5, 5.41) is 2.82. The molecule has 0 aliphatic carbocycles. The molecule has 0 unspecified atom stereocenters. The molecule has 0 saturated carbocycles. The minimum atomic E-state index is -0.818. The van der Waals surface area contributed by atoms with Crippen molar-refractivity contribution in [3.05, 3.63) is 129 Å². The van der Waals surface area contributed by atoms with Crippen LogP contribution >= 0.6 is 0 Å². The molecule has 4 rings (SSSR count). The fourth-order valence-electron chi connectivity index (χ4n) is 4.44. The molecule has 7 heteroatoms. The molecule has 0 spiro atoms. The maximum Gasteiger partial charge on any atom is 0.316 e. The van der Waals surface area contributed by atoms with Crippen molar-refractivity contribution in [2.75, 3.05) is 12.4 Å². The van der Waals surface area contributed by atoms with Gasteiger partial charge in [0.2, 0.25) is 5.91 Å². The number of anilines is 1. The van der Waals surface area contributed by atoms with Crippen molar-refractivity contribution in [3.63, 3.8) is 0 Å². The van der Waals surface area contributed by atoms with Gasteiger partial charge in [0, 0.05) is 12.6 Å². The number of methoxy groups -OCH3 is 1. The number of aromatic nitrogens is 1. The van der Waals surface area contributed by atoms with Gasteiger partial charge >= 0.3 is 5.97 Å². The van der Waals surface area contributed by atoms with Crippen molar-refractivity contribution in [1.82, 2.24) is 4.57 Å². The Morgan fingerprint density at radius 1 is 0.854 bits per heavy atom. The number of pyridine rings is 1. The lowest BCUT2D eigenvalue weighted by Gasteiger charge is -2.23. The molecule has 0 aliphatic rings. The van der Waals surface area contributed by atoms with Crippen LogP contribution in [-0.4, -0.2) is 23.6 Å². The number of aryl methyl sites for hydroxylation is 2. The SMILES string of the molecule is COc1ccc(Cn2ccc(C)c(NC(=O)CCc3ccc(C(C)(C)C(=O)OCc4ccccc4)cc3)c2=O)cc1. The third kappa shape index (κ3) is 7.51. The topological polar surface area (TPSA) is 86.6 Å². The Bertz CT molecular complexity index is 1540. The van der Waals surface area contributed by atoms with E-state index < -0.39 is 5.41 Å². The maximum atomic E-state index is 13.1. The second kappa shape index (κ2) is 13.1. The van der Waals surface area contributed by atoms with E-state index in [2.05, 4.69) is 5.32 Å². The van der Waals surface area contributed by atoms with Crippen LogP contribution in [0.5, 0.6) is 5.75 Å². The molecule has 0 atom stereocenters. The molecule has 41 heavy (non-hydrogen) atoms. The van der Waals surface area contributed by atoms with Gasteiger partial charge in [-0.2, -0.15) is 0 Å². The average molecular weight is 553 g/mol. The average Bonchev–Trinajstić information content (AvgIpc) is 2.99. The summed E-state index contributed by atoms with van der Waals surface area (Å²) in [4.78, 5) is 38.7. The molecule has 0 saturated heterocycles. The minimum Gasteiger partial charge on any atom is -0.497 e. The van der Waals surface area contributed by atoms with Crippen LogP contribution < -0.4 is 15.6 Å². The van der Waals surface area contributed by atoms with Crippen molar-refractivity contribution < 1.29 is 19.1 Å². The number of carbonyl (C=O) groups is 2. The number of carbonyl (C=O) groups excluding carboxylic acids is 2. The van der Waals surface area contributed by atoms with Gasteiger partial charge in [0.1, 0.15) is 18.0 Å². The first-order valence-electron chi connectivity index (χ1n) is 13.6. The van der Waals surface area contributed by atoms with Gasteiger partial charge in [-0.05, 0) is 73.2 Å². The molecule has 1 heterocycles. The Hall–Kier alpha value is -4.65. The van der Waals surface area contributed by atoms with Crippen molar-refractivity contribution in [3.8, 4) is 5.75 Å². The zero-order valence-electron chi connectivity index (χ0n) is 24.0. The first-order chi connectivity index (χ1) is 19.7. The summed E-state index contributed by atoms with van der Waals surface area (Å²) < 4.78 is 12.3. The van der Waals surface area contributed by atoms with Gasteiger partial charge in [-0.25, -0.2) is 0 Å². The van der Waals surface area contributed by atoms with Crippen molar-refractivity contribution in [2.45, 2.75) is 52.2 Å². The largest absolute Gasteiger partial charge is 0.497 e. The van der Waals surface area contributed by atoms with E-state index in [9.17, 15) is 14.4 Å². The van der Waals surface area contributed by atoms with E-state index in [1.165, 1.54) is 0 Å². The lowest BCUT2D eigenvalue weighted by molar-refractivity contribution is -0.150. The van der Waals surface area contributed by atoms with Crippen molar-refractivity contribution in [2.24, 2.45) is 0 Å². The molecule has 7 nitrogen and oxygen atoms in total. The molecular formula is C34H36N2O5. The van der Waals surface area contributed by atoms with Gasteiger partial charge in [0.15, 0.2) is 0 Å². The molecule has 212 valence electrons. The van der Waals surface area contributed by atoms with Gasteiger partial charge in [0.05, 0.1) is 19.1 Å². The smallest absolute Gasteiger partial charge is 0.316 e. The Morgan fingerprint density at radius 3 is 2.17 bits per heavy atom. The lowest BCUT2D eigenvalue weighted by atomic mass is 9.84. The Balaban J connectivity index is 1.34. The van der Waals surface area contributed by atoms with Crippen molar-refractivity contribution >= 4 is 17.6 Å². The first kappa shape index (κ1) is 29.3. The van der Waals surface area contributed by atoms with Crippen LogP contribution in [0.15, 0.2) is 95.9 Å². The zero-order valence-corrected chi connectivity index (χ0v) is 24.0. The first-order valence-corrected chi connectivity index (χ1v) is 13.6. The second-order valence-electron chi connectivity index (χ2n) is 10.6. The Kier molecular flexibility index (Phi) is 9.40. The number of esters is 1. The molecule has 0 fully saturated rings. The van der Waals surface area contributed by atoms with Crippen LogP contribution in [0.4, 0.5) is 5.69 Å². The van der Waals surface area contributed by atoms with E-state index in [1.54, 1.807) is 24.8 Å². The summed E-state index contributed by atoms with van der Waals surface area (Å²) in [6, 6.07) is 26.6. The molecule has 0 bridgehead atoms. The maximum absolute atomic E-state index is 13.1. The summed E-state index contributed by atoms with van der Waals surface area (Å²) in [6.07, 6.45) is 2.45. The van der Waals surface area contributed by atoms with Gasteiger partial charge in [0.25, 0.3) is 5.56 Å². The highest BCUT2D eigenvalue weighted by atomic mass is 16.5. The van der Waals surface area contributed by atoms with E-state index in [4.69, 9.17) is 9.47 Å². The Labute approximate surface area is 240 Å². The minimum absolute atomic E-state index is 0.216. The van der Waals surface area contributed by atoms with E-state index >= 15 is 0 Å². The normalized spacial score (nSPS) is 11.1. The number of ether oxygens (including phenoxy) is 2. The van der Waals surface area contributed by atoms with Crippen LogP contribution in [0.1, 0.15) is 48.1 Å². The lowest BCUT2D eigenvalue weighted by Crippen LogP contribution is -2.31. The van der Waals surface area contributed by atoms with Gasteiger partial charge < -0.3 is 19.4 Å². The zero-order chi connectivity index (χ0) is 29.4. The highest BCUT2D eigenvalue weighted by Crippen LogP contribution is 2.26. The summed E-state index contributed by atoms with van der Waals surface area (Å²) in [5.41, 5.74) is 3.61.